The van der Waals surface area contributed by atoms with E-state index in [9.17, 15) is 0 Å². The van der Waals surface area contributed by atoms with Crippen LogP contribution < -0.4 is 15.4 Å². The van der Waals surface area contributed by atoms with Crippen LogP contribution in [0.2, 0.25) is 0 Å². The van der Waals surface area contributed by atoms with Crippen LogP contribution in [-0.2, 0) is 6.42 Å². The number of fused-ring (bicyclic) bond motifs is 1. The summed E-state index contributed by atoms with van der Waals surface area (Å²) < 4.78 is 6.06. The molecule has 1 atom stereocenters. The zero-order valence-corrected chi connectivity index (χ0v) is 11.9. The molecule has 0 saturated heterocycles. The van der Waals surface area contributed by atoms with Crippen molar-refractivity contribution in [3.63, 3.8) is 0 Å². The number of benzene rings is 1. The molecule has 0 aliphatic carbocycles. The van der Waals surface area contributed by atoms with Crippen molar-refractivity contribution in [2.45, 2.75) is 45.8 Å². The lowest BCUT2D eigenvalue weighted by atomic mass is 10.0. The maximum atomic E-state index is 6.06. The third-order valence-electron chi connectivity index (χ3n) is 3.55. The fraction of sp³-hybridized carbons (Fsp3) is 0.600. The lowest BCUT2D eigenvalue weighted by Crippen LogP contribution is -2.52. The average Bonchev–Trinajstić information content (AvgIpc) is 2.35. The van der Waals surface area contributed by atoms with Crippen molar-refractivity contribution in [3.05, 3.63) is 23.8 Å². The van der Waals surface area contributed by atoms with Crippen molar-refractivity contribution in [1.29, 1.82) is 0 Å². The molecule has 0 fully saturated rings. The van der Waals surface area contributed by atoms with Gasteiger partial charge in [0, 0.05) is 12.6 Å². The molecule has 0 aromatic heterocycles. The van der Waals surface area contributed by atoms with Gasteiger partial charge >= 0.3 is 0 Å². The van der Waals surface area contributed by atoms with Crippen molar-refractivity contribution in [1.82, 2.24) is 0 Å². The van der Waals surface area contributed by atoms with Crippen molar-refractivity contribution in [2.24, 2.45) is 5.73 Å². The zero-order chi connectivity index (χ0) is 13.3. The first kappa shape index (κ1) is 13.2. The van der Waals surface area contributed by atoms with E-state index >= 15 is 0 Å². The van der Waals surface area contributed by atoms with Crippen molar-refractivity contribution >= 4 is 5.69 Å². The van der Waals surface area contributed by atoms with Gasteiger partial charge in [-0.15, -0.1) is 0 Å². The summed E-state index contributed by atoms with van der Waals surface area (Å²) in [5.74, 6) is 0.976. The Morgan fingerprint density at radius 2 is 2.17 bits per heavy atom. The molecule has 0 spiro atoms. The number of aryl methyl sites for hydroxylation is 1. The molecule has 2 N–H and O–H groups in total. The van der Waals surface area contributed by atoms with Crippen LogP contribution in [0.5, 0.6) is 5.75 Å². The van der Waals surface area contributed by atoms with Crippen LogP contribution in [0.15, 0.2) is 18.2 Å². The average molecular weight is 248 g/mol. The summed E-state index contributed by atoms with van der Waals surface area (Å²) in [6.07, 6.45) is 1.04. The standard InChI is InChI=1S/C15H24N2O/c1-5-12-6-7-14-13(8-12)17(11(2)9-16)10-15(3,4)18-14/h6-8,11H,5,9-10,16H2,1-4H3. The Kier molecular flexibility index (Phi) is 3.53. The predicted octanol–water partition coefficient (Wildman–Crippen LogP) is 2.57. The second-order valence-corrected chi connectivity index (χ2v) is 5.73. The molecule has 3 heteroatoms. The number of ether oxygens (including phenoxy) is 1. The minimum absolute atomic E-state index is 0.163. The fourth-order valence-corrected chi connectivity index (χ4v) is 2.44. The Labute approximate surface area is 110 Å². The summed E-state index contributed by atoms with van der Waals surface area (Å²) in [4.78, 5) is 2.37. The Hall–Kier alpha value is -1.22. The highest BCUT2D eigenvalue weighted by Gasteiger charge is 2.33. The number of nitrogens with two attached hydrogens (primary N) is 1. The summed E-state index contributed by atoms with van der Waals surface area (Å²) in [6, 6.07) is 6.80. The Balaban J connectivity index is 2.44. The topological polar surface area (TPSA) is 38.5 Å². The van der Waals surface area contributed by atoms with Gasteiger partial charge in [-0.3, -0.25) is 0 Å². The van der Waals surface area contributed by atoms with Gasteiger partial charge < -0.3 is 15.4 Å². The normalized spacial score (nSPS) is 19.1. The molecule has 0 saturated carbocycles. The van der Waals surface area contributed by atoms with E-state index in [0.29, 0.717) is 12.6 Å². The zero-order valence-electron chi connectivity index (χ0n) is 11.9. The smallest absolute Gasteiger partial charge is 0.143 e. The Morgan fingerprint density at radius 3 is 2.78 bits per heavy atom. The largest absolute Gasteiger partial charge is 0.484 e. The highest BCUT2D eigenvalue weighted by atomic mass is 16.5. The van der Waals surface area contributed by atoms with Crippen LogP contribution in [0.1, 0.15) is 33.3 Å². The van der Waals surface area contributed by atoms with Gasteiger partial charge in [0.25, 0.3) is 0 Å². The molecule has 1 aliphatic rings. The third-order valence-corrected chi connectivity index (χ3v) is 3.55. The minimum atomic E-state index is -0.163. The van der Waals surface area contributed by atoms with Crippen LogP contribution in [-0.4, -0.2) is 24.7 Å². The molecule has 1 aliphatic heterocycles. The van der Waals surface area contributed by atoms with E-state index in [2.05, 4.69) is 50.8 Å². The van der Waals surface area contributed by atoms with Gasteiger partial charge in [0.1, 0.15) is 11.4 Å². The van der Waals surface area contributed by atoms with E-state index in [1.807, 2.05) is 0 Å². The SMILES string of the molecule is CCc1ccc2c(c1)N(C(C)CN)CC(C)(C)O2. The van der Waals surface area contributed by atoms with E-state index in [0.717, 1.165) is 18.7 Å². The quantitative estimate of drug-likeness (QED) is 0.893. The van der Waals surface area contributed by atoms with Gasteiger partial charge in [-0.1, -0.05) is 13.0 Å². The first-order valence-electron chi connectivity index (χ1n) is 6.75. The molecular formula is C15H24N2O. The summed E-state index contributed by atoms with van der Waals surface area (Å²) in [5, 5.41) is 0. The summed E-state index contributed by atoms with van der Waals surface area (Å²) >= 11 is 0. The number of hydrogen-bond acceptors (Lipinski definition) is 3. The van der Waals surface area contributed by atoms with E-state index in [-0.39, 0.29) is 5.60 Å². The maximum absolute atomic E-state index is 6.06. The second kappa shape index (κ2) is 4.81. The number of nitrogens with zero attached hydrogens (tertiary/aromatic N) is 1. The first-order chi connectivity index (χ1) is 8.46. The lowest BCUT2D eigenvalue weighted by Gasteiger charge is -2.43. The van der Waals surface area contributed by atoms with Gasteiger partial charge in [0.15, 0.2) is 0 Å². The number of hydrogen-bond donors (Lipinski definition) is 1. The molecule has 1 unspecified atom stereocenters. The molecule has 0 bridgehead atoms. The van der Waals surface area contributed by atoms with Crippen LogP contribution in [0.25, 0.3) is 0 Å². The lowest BCUT2D eigenvalue weighted by molar-refractivity contribution is 0.102. The number of anilines is 1. The predicted molar refractivity (Wildman–Crippen MR) is 76.4 cm³/mol. The van der Waals surface area contributed by atoms with Gasteiger partial charge in [-0.25, -0.2) is 0 Å². The summed E-state index contributed by atoms with van der Waals surface area (Å²) in [7, 11) is 0. The van der Waals surface area contributed by atoms with Crippen molar-refractivity contribution in [3.8, 4) is 5.75 Å². The minimum Gasteiger partial charge on any atom is -0.484 e. The molecule has 18 heavy (non-hydrogen) atoms. The van der Waals surface area contributed by atoms with Crippen LogP contribution in [0.4, 0.5) is 5.69 Å². The molecule has 0 radical (unpaired) electrons. The maximum Gasteiger partial charge on any atom is 0.143 e. The summed E-state index contributed by atoms with van der Waals surface area (Å²) in [6.45, 7) is 10.1. The molecule has 1 heterocycles. The highest BCUT2D eigenvalue weighted by Crippen LogP contribution is 2.38. The van der Waals surface area contributed by atoms with Gasteiger partial charge in [-0.2, -0.15) is 0 Å². The molecule has 0 amide bonds. The van der Waals surface area contributed by atoms with Crippen LogP contribution >= 0.6 is 0 Å². The van der Waals surface area contributed by atoms with Crippen molar-refractivity contribution < 1.29 is 4.74 Å². The Morgan fingerprint density at radius 1 is 1.44 bits per heavy atom. The summed E-state index contributed by atoms with van der Waals surface area (Å²) in [5.41, 5.74) is 8.20. The second-order valence-electron chi connectivity index (χ2n) is 5.73. The fourth-order valence-electron chi connectivity index (χ4n) is 2.44. The van der Waals surface area contributed by atoms with Gasteiger partial charge in [0.05, 0.1) is 12.2 Å². The van der Waals surface area contributed by atoms with E-state index < -0.39 is 0 Å². The molecular weight excluding hydrogens is 224 g/mol. The van der Waals surface area contributed by atoms with Crippen LogP contribution in [0, 0.1) is 0 Å². The van der Waals surface area contributed by atoms with E-state index in [1.54, 1.807) is 0 Å². The van der Waals surface area contributed by atoms with E-state index in [4.69, 9.17) is 10.5 Å². The van der Waals surface area contributed by atoms with Gasteiger partial charge in [0.2, 0.25) is 0 Å². The third kappa shape index (κ3) is 2.46. The number of rotatable bonds is 3. The van der Waals surface area contributed by atoms with Crippen molar-refractivity contribution in [2.75, 3.05) is 18.0 Å². The molecule has 1 aromatic rings. The van der Waals surface area contributed by atoms with E-state index in [1.165, 1.54) is 11.3 Å². The first-order valence-corrected chi connectivity index (χ1v) is 6.75. The molecule has 100 valence electrons. The molecule has 1 aromatic carbocycles. The highest BCUT2D eigenvalue weighted by molar-refractivity contribution is 5.62. The Bertz CT molecular complexity index is 429. The van der Waals surface area contributed by atoms with Crippen LogP contribution in [0.3, 0.4) is 0 Å². The monoisotopic (exact) mass is 248 g/mol. The van der Waals surface area contributed by atoms with Gasteiger partial charge in [-0.05, 0) is 44.9 Å². The molecule has 2 rings (SSSR count). The molecule has 3 nitrogen and oxygen atoms in total.